The van der Waals surface area contributed by atoms with Gasteiger partial charge in [-0.3, -0.25) is 4.90 Å². The summed E-state index contributed by atoms with van der Waals surface area (Å²) in [6.07, 6.45) is 2.23. The number of amides is 1. The molecule has 2 fully saturated rings. The fourth-order valence-corrected chi connectivity index (χ4v) is 4.38. The quantitative estimate of drug-likeness (QED) is 0.802. The molecule has 5 nitrogen and oxygen atoms in total. The summed E-state index contributed by atoms with van der Waals surface area (Å²) in [5.74, 6) is 0. The molecule has 6 heteroatoms. The Morgan fingerprint density at radius 1 is 1.04 bits per heavy atom. The molecule has 2 unspecified atom stereocenters. The van der Waals surface area contributed by atoms with Gasteiger partial charge in [0.2, 0.25) is 0 Å². The first-order valence-electron chi connectivity index (χ1n) is 9.80. The molecular weight excluding hydrogens is 370 g/mol. The SMILES string of the molecule is O=C(OCc1ccccc1)N1C(Cc2ccccc2)CCN2C(=S)NCCC21. The average Bonchev–Trinajstić information content (AvgIpc) is 2.73. The molecule has 0 radical (unpaired) electrons. The van der Waals surface area contributed by atoms with E-state index in [9.17, 15) is 4.79 Å². The number of ether oxygens (including phenoxy) is 1. The zero-order valence-corrected chi connectivity index (χ0v) is 16.6. The summed E-state index contributed by atoms with van der Waals surface area (Å²) < 4.78 is 5.72. The van der Waals surface area contributed by atoms with Gasteiger partial charge >= 0.3 is 6.09 Å². The first-order valence-corrected chi connectivity index (χ1v) is 10.2. The molecule has 2 heterocycles. The molecule has 146 valence electrons. The minimum Gasteiger partial charge on any atom is -0.444 e. The molecule has 4 rings (SSSR count). The van der Waals surface area contributed by atoms with E-state index >= 15 is 0 Å². The largest absolute Gasteiger partial charge is 0.444 e. The molecule has 1 N–H and O–H groups in total. The molecule has 0 aromatic heterocycles. The van der Waals surface area contributed by atoms with E-state index in [1.54, 1.807) is 0 Å². The second-order valence-corrected chi connectivity index (χ2v) is 7.66. The normalized spacial score (nSPS) is 21.6. The number of hydrogen-bond donors (Lipinski definition) is 1. The van der Waals surface area contributed by atoms with Crippen molar-refractivity contribution in [3.05, 3.63) is 71.8 Å². The summed E-state index contributed by atoms with van der Waals surface area (Å²) in [4.78, 5) is 17.2. The van der Waals surface area contributed by atoms with Crippen molar-refractivity contribution in [2.75, 3.05) is 13.1 Å². The van der Waals surface area contributed by atoms with Crippen molar-refractivity contribution in [1.29, 1.82) is 0 Å². The molecule has 28 heavy (non-hydrogen) atoms. The van der Waals surface area contributed by atoms with Crippen LogP contribution in [0, 0.1) is 0 Å². The van der Waals surface area contributed by atoms with Crippen LogP contribution in [0.4, 0.5) is 4.79 Å². The Morgan fingerprint density at radius 2 is 1.71 bits per heavy atom. The summed E-state index contributed by atoms with van der Waals surface area (Å²) >= 11 is 5.49. The number of carbonyl (C=O) groups excluding carboxylic acids is 1. The summed E-state index contributed by atoms with van der Waals surface area (Å²) in [5.41, 5.74) is 2.23. The van der Waals surface area contributed by atoms with Gasteiger partial charge in [0, 0.05) is 25.6 Å². The Labute approximate surface area is 171 Å². The topological polar surface area (TPSA) is 44.8 Å². The van der Waals surface area contributed by atoms with Crippen LogP contribution >= 0.6 is 12.2 Å². The Kier molecular flexibility index (Phi) is 5.76. The monoisotopic (exact) mass is 395 g/mol. The van der Waals surface area contributed by atoms with E-state index < -0.39 is 0 Å². The van der Waals surface area contributed by atoms with E-state index in [2.05, 4.69) is 22.3 Å². The highest BCUT2D eigenvalue weighted by atomic mass is 32.1. The molecule has 2 atom stereocenters. The van der Waals surface area contributed by atoms with Gasteiger partial charge in [0.15, 0.2) is 5.11 Å². The second kappa shape index (κ2) is 8.61. The van der Waals surface area contributed by atoms with Crippen LogP contribution in [0.15, 0.2) is 60.7 Å². The van der Waals surface area contributed by atoms with Gasteiger partial charge in [-0.1, -0.05) is 60.7 Å². The van der Waals surface area contributed by atoms with Gasteiger partial charge in [-0.2, -0.15) is 0 Å². The van der Waals surface area contributed by atoms with Crippen LogP contribution < -0.4 is 5.32 Å². The van der Waals surface area contributed by atoms with E-state index in [1.807, 2.05) is 53.4 Å². The highest BCUT2D eigenvalue weighted by Crippen LogP contribution is 2.28. The van der Waals surface area contributed by atoms with Gasteiger partial charge < -0.3 is 15.0 Å². The molecular formula is C22H25N3O2S. The highest BCUT2D eigenvalue weighted by molar-refractivity contribution is 7.80. The lowest BCUT2D eigenvalue weighted by atomic mass is 9.97. The van der Waals surface area contributed by atoms with Crippen molar-refractivity contribution in [3.8, 4) is 0 Å². The molecule has 2 aliphatic rings. The minimum atomic E-state index is -0.260. The number of benzene rings is 2. The lowest BCUT2D eigenvalue weighted by Gasteiger charge is -2.50. The van der Waals surface area contributed by atoms with E-state index in [-0.39, 0.29) is 24.9 Å². The number of rotatable bonds is 4. The minimum absolute atomic E-state index is 0.0421. The van der Waals surface area contributed by atoms with Gasteiger partial charge in [0.05, 0.1) is 0 Å². The zero-order valence-electron chi connectivity index (χ0n) is 15.8. The Balaban J connectivity index is 1.53. The third-order valence-corrected chi connectivity index (χ3v) is 5.83. The van der Waals surface area contributed by atoms with Crippen LogP contribution in [0.1, 0.15) is 24.0 Å². The predicted octanol–water partition coefficient (Wildman–Crippen LogP) is 3.55. The third-order valence-electron chi connectivity index (χ3n) is 5.45. The maximum absolute atomic E-state index is 13.1. The molecule has 0 spiro atoms. The molecule has 2 aromatic carbocycles. The molecule has 0 aliphatic carbocycles. The van der Waals surface area contributed by atoms with Crippen molar-refractivity contribution in [2.24, 2.45) is 0 Å². The van der Waals surface area contributed by atoms with Crippen molar-refractivity contribution >= 4 is 23.4 Å². The summed E-state index contributed by atoms with van der Waals surface area (Å²) in [6, 6.07) is 20.2. The Morgan fingerprint density at radius 3 is 2.43 bits per heavy atom. The Hall–Kier alpha value is -2.60. The van der Waals surface area contributed by atoms with Crippen molar-refractivity contribution in [2.45, 2.75) is 38.1 Å². The molecule has 0 bridgehead atoms. The first-order chi connectivity index (χ1) is 13.7. The van der Waals surface area contributed by atoms with E-state index in [0.717, 1.165) is 43.0 Å². The zero-order chi connectivity index (χ0) is 19.3. The van der Waals surface area contributed by atoms with E-state index in [0.29, 0.717) is 0 Å². The standard InChI is InChI=1S/C22H25N3O2S/c26-22(27-16-18-9-5-2-6-10-18)25-19(15-17-7-3-1-4-8-17)12-14-24-20(25)11-13-23-21(24)28/h1-10,19-20H,11-16H2,(H,23,28). The molecule has 2 saturated heterocycles. The Bertz CT molecular complexity index is 815. The lowest BCUT2D eigenvalue weighted by molar-refractivity contribution is -0.0113. The number of hydrogen-bond acceptors (Lipinski definition) is 3. The lowest BCUT2D eigenvalue weighted by Crippen LogP contribution is -2.66. The van der Waals surface area contributed by atoms with Crippen LogP contribution in [0.3, 0.4) is 0 Å². The summed E-state index contributed by atoms with van der Waals surface area (Å²) in [6.45, 7) is 1.92. The number of carbonyl (C=O) groups is 1. The fraction of sp³-hybridized carbons (Fsp3) is 0.364. The van der Waals surface area contributed by atoms with Crippen LogP contribution in [-0.4, -0.2) is 46.3 Å². The smallest absolute Gasteiger partial charge is 0.412 e. The van der Waals surface area contributed by atoms with Crippen molar-refractivity contribution < 1.29 is 9.53 Å². The molecule has 2 aliphatic heterocycles. The fourth-order valence-electron chi connectivity index (χ4n) is 4.06. The highest BCUT2D eigenvalue weighted by Gasteiger charge is 2.42. The van der Waals surface area contributed by atoms with Crippen LogP contribution in [0.5, 0.6) is 0 Å². The van der Waals surface area contributed by atoms with Crippen LogP contribution in [-0.2, 0) is 17.8 Å². The number of nitrogens with one attached hydrogen (secondary N) is 1. The van der Waals surface area contributed by atoms with E-state index in [4.69, 9.17) is 17.0 Å². The van der Waals surface area contributed by atoms with Crippen molar-refractivity contribution in [3.63, 3.8) is 0 Å². The first kappa shape index (κ1) is 18.7. The van der Waals surface area contributed by atoms with Gasteiger partial charge in [0.25, 0.3) is 0 Å². The molecule has 0 saturated carbocycles. The average molecular weight is 396 g/mol. The summed E-state index contributed by atoms with van der Waals surface area (Å²) in [5, 5.41) is 3.97. The summed E-state index contributed by atoms with van der Waals surface area (Å²) in [7, 11) is 0. The van der Waals surface area contributed by atoms with Crippen molar-refractivity contribution in [1.82, 2.24) is 15.1 Å². The maximum Gasteiger partial charge on any atom is 0.412 e. The van der Waals surface area contributed by atoms with Gasteiger partial charge in [0.1, 0.15) is 12.8 Å². The maximum atomic E-state index is 13.1. The number of nitrogens with zero attached hydrogens (tertiary/aromatic N) is 2. The second-order valence-electron chi connectivity index (χ2n) is 7.27. The predicted molar refractivity (Wildman–Crippen MR) is 113 cm³/mol. The van der Waals surface area contributed by atoms with Gasteiger partial charge in [-0.25, -0.2) is 4.79 Å². The molecule has 2 aromatic rings. The van der Waals surface area contributed by atoms with Gasteiger partial charge in [-0.05, 0) is 36.2 Å². The molecule has 1 amide bonds. The number of fused-ring (bicyclic) bond motifs is 1. The van der Waals surface area contributed by atoms with Crippen LogP contribution in [0.2, 0.25) is 0 Å². The number of thiocarbonyl (C=S) groups is 1. The van der Waals surface area contributed by atoms with E-state index in [1.165, 1.54) is 5.56 Å². The van der Waals surface area contributed by atoms with Crippen LogP contribution in [0.25, 0.3) is 0 Å². The van der Waals surface area contributed by atoms with Gasteiger partial charge in [-0.15, -0.1) is 0 Å². The third kappa shape index (κ3) is 4.12.